The summed E-state index contributed by atoms with van der Waals surface area (Å²) in [6, 6.07) is 8.51. The van der Waals surface area contributed by atoms with Gasteiger partial charge in [-0.25, -0.2) is 13.6 Å². The zero-order valence-electron chi connectivity index (χ0n) is 24.3. The highest BCUT2D eigenvalue weighted by atomic mass is 35.5. The zero-order chi connectivity index (χ0) is 31.9. The van der Waals surface area contributed by atoms with E-state index in [-0.39, 0.29) is 42.6 Å². The molecular formula is C31H30ClF2N3O7. The van der Waals surface area contributed by atoms with Crippen LogP contribution in [0.4, 0.5) is 13.6 Å². The maximum atomic E-state index is 14.3. The molecule has 2 amide bonds. The standard InChI is InChI=1S/C31H30ClF2N3O7/c1-16(38)36-13-18-11-21(26(29(39)40)25(14-36)37(18)30(41)43-31(2,3)4)17-5-7-19(8-6-17)42-15-20-12-24(35-44-20)27-22(33)9-10-23(34)28(27)32/h5-12,18,25-26H,13-15H2,1-4H3,(H,39,40). The van der Waals surface area contributed by atoms with Gasteiger partial charge in [-0.15, -0.1) is 0 Å². The van der Waals surface area contributed by atoms with Crippen molar-refractivity contribution in [3.63, 3.8) is 0 Å². The first-order valence-electron chi connectivity index (χ1n) is 13.8. The maximum absolute atomic E-state index is 14.3. The number of carbonyl (C=O) groups is 3. The van der Waals surface area contributed by atoms with Gasteiger partial charge in [-0.3, -0.25) is 14.5 Å². The highest BCUT2D eigenvalue weighted by Crippen LogP contribution is 2.40. The van der Waals surface area contributed by atoms with Crippen molar-refractivity contribution in [3.8, 4) is 17.0 Å². The summed E-state index contributed by atoms with van der Waals surface area (Å²) in [6.07, 6.45) is 1.07. The smallest absolute Gasteiger partial charge is 0.411 e. The lowest BCUT2D eigenvalue weighted by molar-refractivity contribution is -0.146. The molecule has 5 rings (SSSR count). The van der Waals surface area contributed by atoms with Crippen LogP contribution >= 0.6 is 11.6 Å². The lowest BCUT2D eigenvalue weighted by atomic mass is 9.79. The predicted molar refractivity (Wildman–Crippen MR) is 155 cm³/mol. The fourth-order valence-corrected chi connectivity index (χ4v) is 5.69. The maximum Gasteiger partial charge on any atom is 0.411 e. The number of hydrogen-bond acceptors (Lipinski definition) is 7. The lowest BCUT2D eigenvalue weighted by Gasteiger charge is -2.50. The largest absolute Gasteiger partial charge is 0.486 e. The zero-order valence-corrected chi connectivity index (χ0v) is 25.1. The fourth-order valence-electron chi connectivity index (χ4n) is 5.44. The number of amides is 2. The monoisotopic (exact) mass is 629 g/mol. The van der Waals surface area contributed by atoms with Crippen LogP contribution in [0.2, 0.25) is 5.02 Å². The number of piperazine rings is 1. The van der Waals surface area contributed by atoms with Gasteiger partial charge < -0.3 is 24.0 Å². The Kier molecular flexibility index (Phi) is 8.39. The lowest BCUT2D eigenvalue weighted by Crippen LogP contribution is -2.66. The molecule has 3 atom stereocenters. The molecule has 2 bridgehead atoms. The molecule has 232 valence electrons. The average molecular weight is 630 g/mol. The number of carbonyl (C=O) groups excluding carboxylic acids is 2. The fraction of sp³-hybridized carbons (Fsp3) is 0.355. The average Bonchev–Trinajstić information content (AvgIpc) is 3.40. The minimum absolute atomic E-state index is 0.0132. The van der Waals surface area contributed by atoms with E-state index in [9.17, 15) is 28.3 Å². The molecule has 13 heteroatoms. The third-order valence-electron chi connectivity index (χ3n) is 7.36. The Labute approximate surface area is 256 Å². The molecule has 0 saturated carbocycles. The summed E-state index contributed by atoms with van der Waals surface area (Å²) in [5, 5.41) is 13.7. The second-order valence-corrected chi connectivity index (χ2v) is 12.0. The van der Waals surface area contributed by atoms with Gasteiger partial charge in [0.25, 0.3) is 0 Å². The molecule has 1 N–H and O–H groups in total. The number of nitrogens with zero attached hydrogens (tertiary/aromatic N) is 3. The second-order valence-electron chi connectivity index (χ2n) is 11.6. The van der Waals surface area contributed by atoms with Crippen LogP contribution in [-0.2, 0) is 20.9 Å². The second kappa shape index (κ2) is 11.9. The van der Waals surface area contributed by atoms with Gasteiger partial charge in [0.15, 0.2) is 5.76 Å². The first-order chi connectivity index (χ1) is 20.7. The van der Waals surface area contributed by atoms with Crippen LogP contribution in [0.3, 0.4) is 0 Å². The van der Waals surface area contributed by atoms with Gasteiger partial charge in [-0.2, -0.15) is 0 Å². The molecule has 0 radical (unpaired) electrons. The molecule has 3 aromatic rings. The van der Waals surface area contributed by atoms with Crippen molar-refractivity contribution in [2.24, 2.45) is 5.92 Å². The quantitative estimate of drug-likeness (QED) is 0.340. The van der Waals surface area contributed by atoms with Crippen LogP contribution in [0.25, 0.3) is 16.8 Å². The number of fused-ring (bicyclic) bond motifs is 2. The minimum atomic E-state index is -1.14. The molecule has 1 fully saturated rings. The summed E-state index contributed by atoms with van der Waals surface area (Å²) in [6.45, 7) is 6.76. The summed E-state index contributed by atoms with van der Waals surface area (Å²) in [7, 11) is 0. The van der Waals surface area contributed by atoms with Crippen LogP contribution in [0.15, 0.2) is 53.1 Å². The van der Waals surface area contributed by atoms with Crippen molar-refractivity contribution in [3.05, 3.63) is 76.5 Å². The minimum Gasteiger partial charge on any atom is -0.486 e. The van der Waals surface area contributed by atoms with Gasteiger partial charge in [-0.05, 0) is 56.2 Å². The molecule has 3 heterocycles. The highest BCUT2D eigenvalue weighted by Gasteiger charge is 2.50. The molecule has 10 nitrogen and oxygen atoms in total. The van der Waals surface area contributed by atoms with Crippen molar-refractivity contribution < 1.29 is 42.3 Å². The van der Waals surface area contributed by atoms with E-state index in [1.807, 2.05) is 0 Å². The van der Waals surface area contributed by atoms with Crippen molar-refractivity contribution in [1.82, 2.24) is 15.0 Å². The van der Waals surface area contributed by atoms with Crippen LogP contribution in [0.5, 0.6) is 5.75 Å². The Morgan fingerprint density at radius 2 is 1.77 bits per heavy atom. The Balaban J connectivity index is 1.36. The molecule has 2 aromatic carbocycles. The molecule has 2 aliphatic rings. The number of carboxylic acids is 1. The molecule has 3 unspecified atom stereocenters. The Bertz CT molecular complexity index is 1630. The van der Waals surface area contributed by atoms with E-state index < -0.39 is 52.3 Å². The van der Waals surface area contributed by atoms with Crippen molar-refractivity contribution in [1.29, 1.82) is 0 Å². The third-order valence-corrected chi connectivity index (χ3v) is 7.73. The molecule has 1 aromatic heterocycles. The Morgan fingerprint density at radius 3 is 2.41 bits per heavy atom. The summed E-state index contributed by atoms with van der Waals surface area (Å²) in [5.41, 5.74) is 0.120. The van der Waals surface area contributed by atoms with E-state index >= 15 is 0 Å². The van der Waals surface area contributed by atoms with Crippen molar-refractivity contribution in [2.45, 2.75) is 52.0 Å². The molecule has 44 heavy (non-hydrogen) atoms. The van der Waals surface area contributed by atoms with Gasteiger partial charge in [-0.1, -0.05) is 35.0 Å². The number of rotatable bonds is 6. The van der Waals surface area contributed by atoms with Crippen LogP contribution in [0, 0.1) is 17.6 Å². The predicted octanol–water partition coefficient (Wildman–Crippen LogP) is 5.79. The molecule has 2 aliphatic heterocycles. The number of aliphatic carboxylic acids is 1. The summed E-state index contributed by atoms with van der Waals surface area (Å²) < 4.78 is 44.7. The van der Waals surface area contributed by atoms with Crippen LogP contribution in [0.1, 0.15) is 39.0 Å². The summed E-state index contributed by atoms with van der Waals surface area (Å²) in [5.74, 6) is -3.38. The number of ether oxygens (including phenoxy) is 2. The van der Waals surface area contributed by atoms with E-state index in [1.165, 1.54) is 17.9 Å². The summed E-state index contributed by atoms with van der Waals surface area (Å²) in [4.78, 5) is 41.0. The number of aromatic nitrogens is 1. The first-order valence-corrected chi connectivity index (χ1v) is 14.2. The Hall–Kier alpha value is -4.45. The number of halogens is 3. The van der Waals surface area contributed by atoms with Crippen LogP contribution < -0.4 is 4.74 Å². The van der Waals surface area contributed by atoms with Gasteiger partial charge in [0.05, 0.1) is 22.7 Å². The van der Waals surface area contributed by atoms with Gasteiger partial charge in [0.2, 0.25) is 5.91 Å². The number of carboxylic acid groups (broad SMARTS) is 1. The topological polar surface area (TPSA) is 122 Å². The van der Waals surface area contributed by atoms with E-state index in [1.54, 1.807) is 56.0 Å². The summed E-state index contributed by atoms with van der Waals surface area (Å²) >= 11 is 5.91. The van der Waals surface area contributed by atoms with Gasteiger partial charge in [0.1, 0.15) is 41.2 Å². The third kappa shape index (κ3) is 6.26. The molecule has 1 saturated heterocycles. The van der Waals surface area contributed by atoms with E-state index in [2.05, 4.69) is 5.16 Å². The van der Waals surface area contributed by atoms with Gasteiger partial charge in [0, 0.05) is 26.1 Å². The molecule has 0 aliphatic carbocycles. The van der Waals surface area contributed by atoms with Gasteiger partial charge >= 0.3 is 12.1 Å². The normalized spacial score (nSPS) is 19.8. The first kappa shape index (κ1) is 31.0. The molecule has 0 spiro atoms. The number of hydrogen-bond donors (Lipinski definition) is 1. The SMILES string of the molecule is CC(=O)N1CC2C=C(c3ccc(OCc4cc(-c5c(F)ccc(F)c5Cl)no4)cc3)C(C(=O)O)C(C1)N2C(=O)OC(C)(C)C. The molecular weight excluding hydrogens is 600 g/mol. The number of benzene rings is 2. The van der Waals surface area contributed by atoms with Crippen molar-refractivity contribution in [2.75, 3.05) is 13.1 Å². The van der Waals surface area contributed by atoms with Crippen LogP contribution in [-0.4, -0.2) is 68.8 Å². The van der Waals surface area contributed by atoms with Crippen molar-refractivity contribution >= 4 is 35.1 Å². The Morgan fingerprint density at radius 1 is 1.09 bits per heavy atom. The van der Waals surface area contributed by atoms with E-state index in [0.29, 0.717) is 16.9 Å². The highest BCUT2D eigenvalue weighted by molar-refractivity contribution is 6.33. The van der Waals surface area contributed by atoms with E-state index in [4.69, 9.17) is 25.6 Å². The van der Waals surface area contributed by atoms with E-state index in [0.717, 1.165) is 12.1 Å².